The fourth-order valence-corrected chi connectivity index (χ4v) is 4.01. The van der Waals surface area contributed by atoms with Gasteiger partial charge in [-0.1, -0.05) is 24.3 Å². The van der Waals surface area contributed by atoms with Crippen molar-refractivity contribution in [1.82, 2.24) is 9.88 Å². The second-order valence-corrected chi connectivity index (χ2v) is 7.63. The minimum absolute atomic E-state index is 0.0149. The Morgan fingerprint density at radius 1 is 1.26 bits per heavy atom. The number of pyridine rings is 1. The van der Waals surface area contributed by atoms with Crippen LogP contribution in [0.2, 0.25) is 0 Å². The molecule has 122 valence electrons. The lowest BCUT2D eigenvalue weighted by Gasteiger charge is -2.16. The molecule has 3 rings (SSSR count). The average molecular weight is 333 g/mol. The molecule has 1 atom stereocenters. The zero-order valence-corrected chi connectivity index (χ0v) is 13.5. The third kappa shape index (κ3) is 3.86. The molecular formula is C16H19N3O3S. The number of fused-ring (bicyclic) bond motifs is 1. The van der Waals surface area contributed by atoms with Crippen LogP contribution in [0.15, 0.2) is 36.5 Å². The summed E-state index contributed by atoms with van der Waals surface area (Å²) in [5.74, 6) is -0.362. The van der Waals surface area contributed by atoms with Crippen LogP contribution in [0.1, 0.15) is 12.1 Å². The largest absolute Gasteiger partial charge is 0.342 e. The van der Waals surface area contributed by atoms with Crippen molar-refractivity contribution in [2.75, 3.05) is 18.8 Å². The van der Waals surface area contributed by atoms with E-state index >= 15 is 0 Å². The number of carbonyl (C=O) groups is 1. The van der Waals surface area contributed by atoms with Crippen LogP contribution in [-0.4, -0.2) is 43.1 Å². The Bertz CT molecular complexity index is 830. The Balaban J connectivity index is 1.67. The maximum Gasteiger partial charge on any atom is 0.222 e. The lowest BCUT2D eigenvalue weighted by atomic mass is 10.1. The van der Waals surface area contributed by atoms with Gasteiger partial charge in [-0.3, -0.25) is 9.78 Å². The van der Waals surface area contributed by atoms with Gasteiger partial charge in [0.05, 0.1) is 5.75 Å². The lowest BCUT2D eigenvalue weighted by molar-refractivity contribution is -0.127. The number of hydrogen-bond donors (Lipinski definition) is 1. The van der Waals surface area contributed by atoms with Crippen LogP contribution in [0.4, 0.5) is 0 Å². The van der Waals surface area contributed by atoms with Crippen molar-refractivity contribution >= 4 is 26.7 Å². The molecule has 1 saturated heterocycles. The Hall–Kier alpha value is -1.99. The van der Waals surface area contributed by atoms with Gasteiger partial charge in [-0.2, -0.15) is 0 Å². The smallest absolute Gasteiger partial charge is 0.222 e. The highest BCUT2D eigenvalue weighted by Gasteiger charge is 2.31. The number of amides is 1. The van der Waals surface area contributed by atoms with E-state index in [4.69, 9.17) is 5.14 Å². The van der Waals surface area contributed by atoms with Crippen LogP contribution in [-0.2, 0) is 21.2 Å². The fraction of sp³-hybridized carbons (Fsp3) is 0.375. The summed E-state index contributed by atoms with van der Waals surface area (Å²) in [6.45, 7) is 0.987. The van der Waals surface area contributed by atoms with E-state index in [2.05, 4.69) is 4.98 Å². The average Bonchev–Trinajstić information content (AvgIpc) is 2.82. The van der Waals surface area contributed by atoms with E-state index in [1.54, 1.807) is 11.1 Å². The molecule has 1 fully saturated rings. The minimum Gasteiger partial charge on any atom is -0.342 e. The molecule has 0 bridgehead atoms. The van der Waals surface area contributed by atoms with Gasteiger partial charge in [0, 0.05) is 49.1 Å². The van der Waals surface area contributed by atoms with Crippen molar-refractivity contribution in [3.63, 3.8) is 0 Å². The molecule has 23 heavy (non-hydrogen) atoms. The monoisotopic (exact) mass is 333 g/mol. The minimum atomic E-state index is -3.54. The summed E-state index contributed by atoms with van der Waals surface area (Å²) in [7, 11) is -3.54. The predicted octanol–water partition coefficient (Wildman–Crippen LogP) is 0.914. The highest BCUT2D eigenvalue weighted by atomic mass is 32.2. The Morgan fingerprint density at radius 3 is 2.83 bits per heavy atom. The van der Waals surface area contributed by atoms with Gasteiger partial charge in [0.25, 0.3) is 0 Å². The molecule has 1 unspecified atom stereocenters. The zero-order valence-electron chi connectivity index (χ0n) is 12.7. The first-order valence-corrected chi connectivity index (χ1v) is 9.25. The van der Waals surface area contributed by atoms with Crippen LogP contribution < -0.4 is 5.14 Å². The van der Waals surface area contributed by atoms with Crippen molar-refractivity contribution in [2.24, 2.45) is 11.1 Å². The molecule has 0 saturated carbocycles. The van der Waals surface area contributed by atoms with Gasteiger partial charge in [-0.25, -0.2) is 13.6 Å². The van der Waals surface area contributed by atoms with Gasteiger partial charge in [0.1, 0.15) is 0 Å². The van der Waals surface area contributed by atoms with Crippen LogP contribution in [0.25, 0.3) is 10.8 Å². The van der Waals surface area contributed by atoms with Crippen LogP contribution >= 0.6 is 0 Å². The highest BCUT2D eigenvalue weighted by Crippen LogP contribution is 2.21. The molecule has 2 aromatic rings. The number of hydrogen-bond acceptors (Lipinski definition) is 4. The van der Waals surface area contributed by atoms with Crippen molar-refractivity contribution in [3.8, 4) is 0 Å². The molecule has 7 heteroatoms. The van der Waals surface area contributed by atoms with E-state index in [0.717, 1.165) is 16.5 Å². The van der Waals surface area contributed by atoms with E-state index in [1.165, 1.54) is 0 Å². The standard InChI is InChI=1S/C16H19N3O3S/c17-23(21,22)11-12-9-16(20)19(10-12)8-6-15-14-4-2-1-3-13(14)5-7-18-15/h1-5,7,12H,6,8-11H2,(H2,17,21,22). The lowest BCUT2D eigenvalue weighted by Crippen LogP contribution is -2.29. The van der Waals surface area contributed by atoms with E-state index in [0.29, 0.717) is 19.5 Å². The first-order chi connectivity index (χ1) is 10.9. The Morgan fingerprint density at radius 2 is 2.04 bits per heavy atom. The number of nitrogens with zero attached hydrogens (tertiary/aromatic N) is 2. The van der Waals surface area contributed by atoms with Crippen molar-refractivity contribution in [1.29, 1.82) is 0 Å². The number of nitrogens with two attached hydrogens (primary N) is 1. The molecule has 1 aromatic carbocycles. The molecule has 1 aliphatic rings. The molecule has 1 amide bonds. The molecule has 6 nitrogen and oxygen atoms in total. The van der Waals surface area contributed by atoms with Crippen LogP contribution in [0, 0.1) is 5.92 Å². The van der Waals surface area contributed by atoms with E-state index < -0.39 is 10.0 Å². The SMILES string of the molecule is NS(=O)(=O)CC1CC(=O)N(CCc2nccc3ccccc23)C1. The Labute approximate surface area is 135 Å². The Kier molecular flexibility index (Phi) is 4.32. The van der Waals surface area contributed by atoms with Gasteiger partial charge in [0.15, 0.2) is 0 Å². The second kappa shape index (κ2) is 6.25. The number of primary sulfonamides is 1. The topological polar surface area (TPSA) is 93.4 Å². The summed E-state index contributed by atoms with van der Waals surface area (Å²) in [6.07, 6.45) is 2.67. The summed E-state index contributed by atoms with van der Waals surface area (Å²) in [4.78, 5) is 18.2. The number of sulfonamides is 1. The maximum atomic E-state index is 12.0. The van der Waals surface area contributed by atoms with E-state index in [-0.39, 0.29) is 24.0 Å². The van der Waals surface area contributed by atoms with Gasteiger partial charge in [-0.05, 0) is 11.5 Å². The molecule has 0 radical (unpaired) electrons. The highest BCUT2D eigenvalue weighted by molar-refractivity contribution is 7.89. The summed E-state index contributed by atoms with van der Waals surface area (Å²) in [6, 6.07) is 9.96. The number of likely N-dealkylation sites (tertiary alicyclic amines) is 1. The first kappa shape index (κ1) is 15.9. The van der Waals surface area contributed by atoms with Crippen molar-refractivity contribution in [2.45, 2.75) is 12.8 Å². The molecule has 1 aromatic heterocycles. The van der Waals surface area contributed by atoms with Gasteiger partial charge in [0.2, 0.25) is 15.9 Å². The summed E-state index contributed by atoms with van der Waals surface area (Å²) >= 11 is 0. The molecule has 0 spiro atoms. The number of benzene rings is 1. The molecule has 2 heterocycles. The van der Waals surface area contributed by atoms with Gasteiger partial charge >= 0.3 is 0 Å². The zero-order chi connectivity index (χ0) is 16.4. The predicted molar refractivity (Wildman–Crippen MR) is 88.1 cm³/mol. The molecule has 2 N–H and O–H groups in total. The molecule has 1 aliphatic heterocycles. The third-order valence-corrected chi connectivity index (χ3v) is 5.07. The number of carbonyl (C=O) groups excluding carboxylic acids is 1. The second-order valence-electron chi connectivity index (χ2n) is 5.97. The fourth-order valence-electron chi connectivity index (χ4n) is 3.13. The number of rotatable bonds is 5. The maximum absolute atomic E-state index is 12.0. The first-order valence-electron chi connectivity index (χ1n) is 7.53. The quantitative estimate of drug-likeness (QED) is 0.880. The van der Waals surface area contributed by atoms with E-state index in [1.807, 2.05) is 30.3 Å². The summed E-state index contributed by atoms with van der Waals surface area (Å²) in [5, 5.41) is 7.27. The molecule has 0 aliphatic carbocycles. The normalized spacial score (nSPS) is 18.7. The van der Waals surface area contributed by atoms with E-state index in [9.17, 15) is 13.2 Å². The summed E-state index contributed by atoms with van der Waals surface area (Å²) < 4.78 is 22.3. The van der Waals surface area contributed by atoms with Gasteiger partial charge in [-0.15, -0.1) is 0 Å². The van der Waals surface area contributed by atoms with Crippen molar-refractivity contribution in [3.05, 3.63) is 42.2 Å². The molecular weight excluding hydrogens is 314 g/mol. The van der Waals surface area contributed by atoms with Crippen molar-refractivity contribution < 1.29 is 13.2 Å². The van der Waals surface area contributed by atoms with Crippen LogP contribution in [0.5, 0.6) is 0 Å². The summed E-state index contributed by atoms with van der Waals surface area (Å²) in [5.41, 5.74) is 0.950. The van der Waals surface area contributed by atoms with Gasteiger partial charge < -0.3 is 4.90 Å². The number of aromatic nitrogens is 1. The third-order valence-electron chi connectivity index (χ3n) is 4.14. The van der Waals surface area contributed by atoms with Crippen LogP contribution in [0.3, 0.4) is 0 Å².